The van der Waals surface area contributed by atoms with Gasteiger partial charge in [0.05, 0.1) is 0 Å². The molecule has 1 aromatic heterocycles. The van der Waals surface area contributed by atoms with E-state index in [9.17, 15) is 4.79 Å². The van der Waals surface area contributed by atoms with E-state index >= 15 is 0 Å². The van der Waals surface area contributed by atoms with Crippen molar-refractivity contribution in [2.45, 2.75) is 57.4 Å². The quantitative estimate of drug-likeness (QED) is 0.929. The third-order valence-corrected chi connectivity index (χ3v) is 4.64. The van der Waals surface area contributed by atoms with Crippen LogP contribution in [0.4, 0.5) is 5.69 Å². The number of amides is 1. The monoisotopic (exact) mass is 287 g/mol. The largest absolute Gasteiger partial charge is 0.371 e. The molecule has 0 unspecified atom stereocenters. The maximum atomic E-state index is 12.3. The first-order valence-electron chi connectivity index (χ1n) is 8.35. The maximum Gasteiger partial charge on any atom is 0.270 e. The number of hydrogen-bond donors (Lipinski definition) is 1. The van der Waals surface area contributed by atoms with E-state index in [1.165, 1.54) is 38.5 Å². The summed E-state index contributed by atoms with van der Waals surface area (Å²) in [6.07, 6.45) is 11.6. The molecule has 0 radical (unpaired) electrons. The van der Waals surface area contributed by atoms with Gasteiger partial charge in [-0.3, -0.25) is 9.78 Å². The molecule has 1 N–H and O–H groups in total. The highest BCUT2D eigenvalue weighted by atomic mass is 16.1. The summed E-state index contributed by atoms with van der Waals surface area (Å²) in [7, 11) is 0. The number of pyridine rings is 1. The molecule has 1 aliphatic heterocycles. The third kappa shape index (κ3) is 3.74. The number of carbonyl (C=O) groups excluding carboxylic acids is 1. The maximum absolute atomic E-state index is 12.3. The van der Waals surface area contributed by atoms with Crippen LogP contribution in [0.3, 0.4) is 0 Å². The number of anilines is 1. The highest BCUT2D eigenvalue weighted by Gasteiger charge is 2.19. The van der Waals surface area contributed by atoms with Gasteiger partial charge in [-0.05, 0) is 37.8 Å². The van der Waals surface area contributed by atoms with E-state index in [1.54, 1.807) is 6.20 Å². The Morgan fingerprint density at radius 2 is 1.81 bits per heavy atom. The summed E-state index contributed by atoms with van der Waals surface area (Å²) in [6.45, 7) is 2.18. The summed E-state index contributed by atoms with van der Waals surface area (Å²) in [5, 5.41) is 3.12. The van der Waals surface area contributed by atoms with Crippen molar-refractivity contribution in [3.63, 3.8) is 0 Å². The van der Waals surface area contributed by atoms with Gasteiger partial charge in [-0.25, -0.2) is 0 Å². The Morgan fingerprint density at radius 3 is 2.52 bits per heavy atom. The Morgan fingerprint density at radius 1 is 1.10 bits per heavy atom. The molecule has 0 bridgehead atoms. The van der Waals surface area contributed by atoms with Gasteiger partial charge >= 0.3 is 0 Å². The lowest BCUT2D eigenvalue weighted by Gasteiger charge is -2.23. The van der Waals surface area contributed by atoms with Gasteiger partial charge in [-0.2, -0.15) is 0 Å². The summed E-state index contributed by atoms with van der Waals surface area (Å²) in [5.41, 5.74) is 1.70. The van der Waals surface area contributed by atoms with E-state index in [4.69, 9.17) is 0 Å². The van der Waals surface area contributed by atoms with Gasteiger partial charge in [0.25, 0.3) is 5.91 Å². The zero-order valence-electron chi connectivity index (χ0n) is 12.7. The molecule has 4 nitrogen and oxygen atoms in total. The van der Waals surface area contributed by atoms with E-state index < -0.39 is 0 Å². The Bertz CT molecular complexity index is 475. The lowest BCUT2D eigenvalue weighted by atomic mass is 10.2. The SMILES string of the molecule is O=C(NC1CCCC1)c1cc(N2CCCCCC2)ccn1. The number of hydrogen-bond acceptors (Lipinski definition) is 3. The van der Waals surface area contributed by atoms with E-state index in [0.29, 0.717) is 11.7 Å². The summed E-state index contributed by atoms with van der Waals surface area (Å²) in [6, 6.07) is 4.33. The van der Waals surface area contributed by atoms with Gasteiger partial charge in [0.1, 0.15) is 5.69 Å². The number of rotatable bonds is 3. The van der Waals surface area contributed by atoms with Crippen molar-refractivity contribution in [3.8, 4) is 0 Å². The minimum Gasteiger partial charge on any atom is -0.371 e. The molecule has 1 saturated carbocycles. The fourth-order valence-corrected chi connectivity index (χ4v) is 3.40. The zero-order chi connectivity index (χ0) is 14.5. The lowest BCUT2D eigenvalue weighted by molar-refractivity contribution is 0.0933. The standard InChI is InChI=1S/C17H25N3O/c21-17(19-14-7-3-4-8-14)16-13-15(9-10-18-16)20-11-5-1-2-6-12-20/h9-10,13-14H,1-8,11-12H2,(H,19,21). The van der Waals surface area contributed by atoms with Crippen molar-refractivity contribution in [2.75, 3.05) is 18.0 Å². The highest BCUT2D eigenvalue weighted by Crippen LogP contribution is 2.21. The number of carbonyl (C=O) groups is 1. The Labute approximate surface area is 126 Å². The predicted octanol–water partition coefficient (Wildman–Crippen LogP) is 3.13. The van der Waals surface area contributed by atoms with Crippen LogP contribution >= 0.6 is 0 Å². The normalized spacial score (nSPS) is 20.3. The molecule has 114 valence electrons. The average Bonchev–Trinajstić information content (AvgIpc) is 2.87. The van der Waals surface area contributed by atoms with Gasteiger partial charge in [0.15, 0.2) is 0 Å². The Balaban J connectivity index is 1.68. The Kier molecular flexibility index (Phi) is 4.73. The molecular weight excluding hydrogens is 262 g/mol. The van der Waals surface area contributed by atoms with Gasteiger partial charge < -0.3 is 10.2 Å². The molecule has 0 spiro atoms. The molecule has 0 atom stereocenters. The smallest absolute Gasteiger partial charge is 0.270 e. The van der Waals surface area contributed by atoms with Gasteiger partial charge in [0, 0.05) is 31.0 Å². The van der Waals surface area contributed by atoms with Crippen molar-refractivity contribution in [1.29, 1.82) is 0 Å². The van der Waals surface area contributed by atoms with E-state index in [2.05, 4.69) is 15.2 Å². The summed E-state index contributed by atoms with van der Waals surface area (Å²) < 4.78 is 0. The van der Waals surface area contributed by atoms with Crippen LogP contribution in [0.2, 0.25) is 0 Å². The summed E-state index contributed by atoms with van der Waals surface area (Å²) in [4.78, 5) is 19.0. The topological polar surface area (TPSA) is 45.2 Å². The second-order valence-corrected chi connectivity index (χ2v) is 6.26. The van der Waals surface area contributed by atoms with Crippen molar-refractivity contribution in [2.24, 2.45) is 0 Å². The molecule has 1 saturated heterocycles. The highest BCUT2D eigenvalue weighted by molar-refractivity contribution is 5.93. The Hall–Kier alpha value is -1.58. The molecule has 4 heteroatoms. The van der Waals surface area contributed by atoms with Crippen molar-refractivity contribution in [3.05, 3.63) is 24.0 Å². The van der Waals surface area contributed by atoms with Crippen molar-refractivity contribution in [1.82, 2.24) is 10.3 Å². The number of aromatic nitrogens is 1. The second kappa shape index (κ2) is 6.92. The van der Waals surface area contributed by atoms with Crippen LogP contribution < -0.4 is 10.2 Å². The lowest BCUT2D eigenvalue weighted by Crippen LogP contribution is -2.33. The minimum atomic E-state index is -0.0152. The molecule has 2 aliphatic rings. The molecule has 2 fully saturated rings. The fraction of sp³-hybridized carbons (Fsp3) is 0.647. The minimum absolute atomic E-state index is 0.0152. The molecule has 21 heavy (non-hydrogen) atoms. The van der Waals surface area contributed by atoms with Crippen LogP contribution in [-0.2, 0) is 0 Å². The van der Waals surface area contributed by atoms with Crippen LogP contribution in [0.5, 0.6) is 0 Å². The van der Waals surface area contributed by atoms with E-state index in [-0.39, 0.29) is 5.91 Å². The summed E-state index contributed by atoms with van der Waals surface area (Å²) in [5.74, 6) is -0.0152. The van der Waals surface area contributed by atoms with Crippen LogP contribution in [-0.4, -0.2) is 30.0 Å². The predicted molar refractivity (Wildman–Crippen MR) is 84.6 cm³/mol. The van der Waals surface area contributed by atoms with Gasteiger partial charge in [-0.1, -0.05) is 25.7 Å². The van der Waals surface area contributed by atoms with Crippen LogP contribution in [0.1, 0.15) is 61.9 Å². The molecule has 1 aliphatic carbocycles. The zero-order valence-corrected chi connectivity index (χ0v) is 12.7. The number of nitrogens with one attached hydrogen (secondary N) is 1. The molecule has 1 amide bonds. The first-order valence-corrected chi connectivity index (χ1v) is 8.35. The van der Waals surface area contributed by atoms with Crippen LogP contribution in [0.25, 0.3) is 0 Å². The average molecular weight is 287 g/mol. The number of nitrogens with zero attached hydrogens (tertiary/aromatic N) is 2. The van der Waals surface area contributed by atoms with E-state index in [1.807, 2.05) is 12.1 Å². The van der Waals surface area contributed by atoms with Crippen molar-refractivity contribution >= 4 is 11.6 Å². The third-order valence-electron chi connectivity index (χ3n) is 4.64. The van der Waals surface area contributed by atoms with Crippen molar-refractivity contribution < 1.29 is 4.79 Å². The molecular formula is C17H25N3O. The summed E-state index contributed by atoms with van der Waals surface area (Å²) >= 11 is 0. The molecule has 1 aromatic rings. The molecule has 2 heterocycles. The first-order chi connectivity index (χ1) is 10.3. The van der Waals surface area contributed by atoms with Gasteiger partial charge in [0.2, 0.25) is 0 Å². The first kappa shape index (κ1) is 14.4. The van der Waals surface area contributed by atoms with Crippen LogP contribution in [0, 0.1) is 0 Å². The fourth-order valence-electron chi connectivity index (χ4n) is 3.40. The second-order valence-electron chi connectivity index (χ2n) is 6.26. The van der Waals surface area contributed by atoms with Crippen LogP contribution in [0.15, 0.2) is 18.3 Å². The molecule has 3 rings (SSSR count). The molecule has 0 aromatic carbocycles. The van der Waals surface area contributed by atoms with E-state index in [0.717, 1.165) is 31.6 Å². The van der Waals surface area contributed by atoms with Gasteiger partial charge in [-0.15, -0.1) is 0 Å².